The highest BCUT2D eigenvalue weighted by atomic mass is 32.1. The van der Waals surface area contributed by atoms with Crippen molar-refractivity contribution in [2.45, 2.75) is 19.3 Å². The molecule has 1 N–H and O–H groups in total. The van der Waals surface area contributed by atoms with E-state index in [-0.39, 0.29) is 18.2 Å². The van der Waals surface area contributed by atoms with E-state index in [2.05, 4.69) is 15.3 Å². The molecule has 0 unspecified atom stereocenters. The highest BCUT2D eigenvalue weighted by molar-refractivity contribution is 7.14. The molecule has 9 heteroatoms. The van der Waals surface area contributed by atoms with Crippen LogP contribution in [0.5, 0.6) is 5.88 Å². The molecule has 0 atom stereocenters. The number of carbonyl (C=O) groups is 2. The first-order valence-corrected chi connectivity index (χ1v) is 9.16. The van der Waals surface area contributed by atoms with Crippen LogP contribution in [-0.2, 0) is 20.7 Å². The summed E-state index contributed by atoms with van der Waals surface area (Å²) in [7, 11) is 1.60. The van der Waals surface area contributed by atoms with Crippen LogP contribution in [0.15, 0.2) is 23.7 Å². The Kier molecular flexibility index (Phi) is 6.13. The fourth-order valence-corrected chi connectivity index (χ4v) is 3.36. The van der Waals surface area contributed by atoms with E-state index in [1.54, 1.807) is 24.1 Å². The summed E-state index contributed by atoms with van der Waals surface area (Å²) >= 11 is 1.39. The van der Waals surface area contributed by atoms with E-state index in [1.807, 2.05) is 5.38 Å². The van der Waals surface area contributed by atoms with Crippen molar-refractivity contribution in [3.63, 3.8) is 0 Å². The van der Waals surface area contributed by atoms with Gasteiger partial charge in [0, 0.05) is 31.5 Å². The maximum Gasteiger partial charge on any atom is 0.230 e. The molecule has 0 aliphatic carbocycles. The molecule has 0 radical (unpaired) electrons. The molecule has 1 aliphatic heterocycles. The van der Waals surface area contributed by atoms with Crippen LogP contribution in [-0.4, -0.2) is 48.7 Å². The summed E-state index contributed by atoms with van der Waals surface area (Å²) < 4.78 is 10.3. The van der Waals surface area contributed by atoms with Gasteiger partial charge in [0.25, 0.3) is 0 Å². The smallest absolute Gasteiger partial charge is 0.230 e. The number of pyridine rings is 1. The standard InChI is InChI=1S/C17H20N4O4S/c1-24-7-8-25-15-5-4-12(10-18-15)19-14(22)9-13-11-26-17(20-13)21-6-2-3-16(21)23/h4-5,10-11H,2-3,6-9H2,1H3,(H,19,22). The van der Waals surface area contributed by atoms with Crippen molar-refractivity contribution in [1.82, 2.24) is 9.97 Å². The summed E-state index contributed by atoms with van der Waals surface area (Å²) in [5.74, 6) is 0.373. The molecule has 2 aromatic heterocycles. The van der Waals surface area contributed by atoms with Crippen LogP contribution in [0, 0.1) is 0 Å². The van der Waals surface area contributed by atoms with Crippen molar-refractivity contribution < 1.29 is 19.1 Å². The summed E-state index contributed by atoms with van der Waals surface area (Å²) in [5, 5.41) is 5.25. The number of carbonyl (C=O) groups excluding carboxylic acids is 2. The number of hydrogen-bond acceptors (Lipinski definition) is 7. The Morgan fingerprint density at radius 1 is 1.38 bits per heavy atom. The predicted octanol–water partition coefficient (Wildman–Crippen LogP) is 1.87. The van der Waals surface area contributed by atoms with Gasteiger partial charge in [-0.05, 0) is 12.5 Å². The van der Waals surface area contributed by atoms with Crippen LogP contribution in [0.4, 0.5) is 10.8 Å². The van der Waals surface area contributed by atoms with Gasteiger partial charge >= 0.3 is 0 Å². The summed E-state index contributed by atoms with van der Waals surface area (Å²) in [6.07, 6.45) is 3.10. The molecular weight excluding hydrogens is 356 g/mol. The molecule has 8 nitrogen and oxygen atoms in total. The molecule has 2 amide bonds. The number of thiazole rings is 1. The number of nitrogens with zero attached hydrogens (tertiary/aromatic N) is 3. The number of rotatable bonds is 8. The fourth-order valence-electron chi connectivity index (χ4n) is 2.49. The first kappa shape index (κ1) is 18.3. The first-order valence-electron chi connectivity index (χ1n) is 8.28. The van der Waals surface area contributed by atoms with Gasteiger partial charge in [0.05, 0.1) is 30.6 Å². The van der Waals surface area contributed by atoms with E-state index in [0.717, 1.165) is 6.42 Å². The van der Waals surface area contributed by atoms with Gasteiger partial charge in [-0.1, -0.05) is 0 Å². The van der Waals surface area contributed by atoms with Crippen molar-refractivity contribution in [1.29, 1.82) is 0 Å². The second-order valence-electron chi connectivity index (χ2n) is 5.72. The van der Waals surface area contributed by atoms with Gasteiger partial charge < -0.3 is 14.8 Å². The average Bonchev–Trinajstić information content (AvgIpc) is 3.25. The minimum Gasteiger partial charge on any atom is -0.475 e. The number of amides is 2. The lowest BCUT2D eigenvalue weighted by atomic mass is 10.3. The number of nitrogens with one attached hydrogen (secondary N) is 1. The van der Waals surface area contributed by atoms with Gasteiger partial charge in [0.2, 0.25) is 17.7 Å². The van der Waals surface area contributed by atoms with Gasteiger partial charge in [-0.2, -0.15) is 0 Å². The van der Waals surface area contributed by atoms with Crippen LogP contribution in [0.1, 0.15) is 18.5 Å². The summed E-state index contributed by atoms with van der Waals surface area (Å²) in [5.41, 5.74) is 1.23. The lowest BCUT2D eigenvalue weighted by Gasteiger charge is -2.10. The van der Waals surface area contributed by atoms with Crippen LogP contribution in [0.3, 0.4) is 0 Å². The van der Waals surface area contributed by atoms with Gasteiger partial charge in [0.1, 0.15) is 6.61 Å². The zero-order valence-electron chi connectivity index (χ0n) is 14.4. The molecule has 1 saturated heterocycles. The van der Waals surface area contributed by atoms with E-state index >= 15 is 0 Å². The predicted molar refractivity (Wildman–Crippen MR) is 97.6 cm³/mol. The lowest BCUT2D eigenvalue weighted by Crippen LogP contribution is -2.23. The average molecular weight is 376 g/mol. The SMILES string of the molecule is COCCOc1ccc(NC(=O)Cc2csc(N3CCCC3=O)n2)cn1. The third-order valence-electron chi connectivity index (χ3n) is 3.74. The maximum absolute atomic E-state index is 12.2. The number of hydrogen-bond donors (Lipinski definition) is 1. The van der Waals surface area contributed by atoms with Crippen molar-refractivity contribution in [3.8, 4) is 5.88 Å². The third-order valence-corrected chi connectivity index (χ3v) is 4.66. The molecule has 0 saturated carbocycles. The van der Waals surface area contributed by atoms with Crippen LogP contribution >= 0.6 is 11.3 Å². The Morgan fingerprint density at radius 2 is 2.27 bits per heavy atom. The van der Waals surface area contributed by atoms with Crippen molar-refractivity contribution in [2.75, 3.05) is 37.1 Å². The zero-order valence-corrected chi connectivity index (χ0v) is 15.3. The number of aromatic nitrogens is 2. The molecule has 26 heavy (non-hydrogen) atoms. The van der Waals surface area contributed by atoms with E-state index in [0.29, 0.717) is 48.6 Å². The van der Waals surface area contributed by atoms with Crippen LogP contribution in [0.25, 0.3) is 0 Å². The highest BCUT2D eigenvalue weighted by Gasteiger charge is 2.24. The highest BCUT2D eigenvalue weighted by Crippen LogP contribution is 2.25. The number of anilines is 2. The molecule has 3 heterocycles. The minimum absolute atomic E-state index is 0.0919. The largest absolute Gasteiger partial charge is 0.475 e. The summed E-state index contributed by atoms with van der Waals surface area (Å²) in [4.78, 5) is 34.1. The molecule has 1 aliphatic rings. The molecule has 0 bridgehead atoms. The minimum atomic E-state index is -0.190. The fraction of sp³-hybridized carbons (Fsp3) is 0.412. The zero-order chi connectivity index (χ0) is 18.4. The van der Waals surface area contributed by atoms with Crippen molar-refractivity contribution >= 4 is 34.0 Å². The second-order valence-corrected chi connectivity index (χ2v) is 6.56. The quantitative estimate of drug-likeness (QED) is 0.707. The Morgan fingerprint density at radius 3 is 2.96 bits per heavy atom. The topological polar surface area (TPSA) is 93.7 Å². The third kappa shape index (κ3) is 4.77. The molecule has 3 rings (SSSR count). The van der Waals surface area contributed by atoms with Crippen molar-refractivity contribution in [2.24, 2.45) is 0 Å². The Balaban J connectivity index is 1.51. The normalized spacial score (nSPS) is 13.9. The van der Waals surface area contributed by atoms with Crippen molar-refractivity contribution in [3.05, 3.63) is 29.4 Å². The Hall–Kier alpha value is -2.52. The van der Waals surface area contributed by atoms with Gasteiger partial charge in [-0.3, -0.25) is 14.5 Å². The monoisotopic (exact) mass is 376 g/mol. The molecule has 138 valence electrons. The molecule has 0 aromatic carbocycles. The van der Waals surface area contributed by atoms with Crippen LogP contribution in [0.2, 0.25) is 0 Å². The Labute approximate surface area is 155 Å². The maximum atomic E-state index is 12.2. The van der Waals surface area contributed by atoms with Gasteiger partial charge in [0.15, 0.2) is 5.13 Å². The Bertz CT molecular complexity index is 762. The van der Waals surface area contributed by atoms with E-state index in [4.69, 9.17) is 9.47 Å². The molecule has 2 aromatic rings. The van der Waals surface area contributed by atoms with E-state index in [9.17, 15) is 9.59 Å². The summed E-state index contributed by atoms with van der Waals surface area (Å²) in [6, 6.07) is 3.41. The summed E-state index contributed by atoms with van der Waals surface area (Å²) in [6.45, 7) is 1.60. The lowest BCUT2D eigenvalue weighted by molar-refractivity contribution is -0.117. The van der Waals surface area contributed by atoms with E-state index in [1.165, 1.54) is 17.5 Å². The number of ether oxygens (including phenoxy) is 2. The number of methoxy groups -OCH3 is 1. The first-order chi connectivity index (χ1) is 12.7. The molecular formula is C17H20N4O4S. The van der Waals surface area contributed by atoms with Gasteiger partial charge in [-0.25, -0.2) is 9.97 Å². The molecule has 1 fully saturated rings. The van der Waals surface area contributed by atoms with Gasteiger partial charge in [-0.15, -0.1) is 11.3 Å². The second kappa shape index (κ2) is 8.72. The molecule has 0 spiro atoms. The van der Waals surface area contributed by atoms with Crippen LogP contribution < -0.4 is 15.0 Å². The van der Waals surface area contributed by atoms with E-state index < -0.39 is 0 Å².